The molecule has 152 valence electrons. The monoisotopic (exact) mass is 533 g/mol. The molecule has 30 heavy (non-hydrogen) atoms. The van der Waals surface area contributed by atoms with Gasteiger partial charge in [-0.3, -0.25) is 14.3 Å². The number of rotatable bonds is 5. The summed E-state index contributed by atoms with van der Waals surface area (Å²) in [5.74, 6) is -0.376. The molecule has 0 fully saturated rings. The molecule has 0 bridgehead atoms. The van der Waals surface area contributed by atoms with Crippen LogP contribution in [0.5, 0.6) is 0 Å². The van der Waals surface area contributed by atoms with Gasteiger partial charge in [0.2, 0.25) is 0 Å². The largest absolute Gasteiger partial charge is 0.267 e. The fraction of sp³-hybridized carbons (Fsp3) is 0.0909. The highest BCUT2D eigenvalue weighted by Gasteiger charge is 2.32. The van der Waals surface area contributed by atoms with Gasteiger partial charge >= 0.3 is 0 Å². The van der Waals surface area contributed by atoms with Gasteiger partial charge in [0.1, 0.15) is 16.2 Å². The lowest BCUT2D eigenvalue weighted by atomic mass is 10.1. The minimum absolute atomic E-state index is 0.0703. The number of hydrogen-bond acceptors (Lipinski definition) is 4. The van der Waals surface area contributed by atoms with E-state index in [0.717, 1.165) is 3.57 Å². The number of para-hydroxylation sites is 1. The number of halogens is 2. The molecule has 1 aromatic heterocycles. The van der Waals surface area contributed by atoms with Crippen LogP contribution in [0.25, 0.3) is 11.0 Å². The molecule has 4 rings (SSSR count). The first-order chi connectivity index (χ1) is 14.4. The second-order valence-electron chi connectivity index (χ2n) is 6.69. The molecule has 0 aliphatic heterocycles. The molecule has 0 N–H and O–H groups in total. The molecule has 0 amide bonds. The van der Waals surface area contributed by atoms with Crippen molar-refractivity contribution in [1.29, 1.82) is 0 Å². The van der Waals surface area contributed by atoms with E-state index in [1.54, 1.807) is 49.4 Å². The number of fused-ring (bicyclic) bond motifs is 1. The molecule has 0 aliphatic carbocycles. The lowest BCUT2D eigenvalue weighted by Gasteiger charge is -2.31. The minimum atomic E-state index is -4.02. The fourth-order valence-corrected chi connectivity index (χ4v) is 5.66. The molecule has 0 aliphatic rings. The standard InChI is InChI=1S/C22H17FIN3O2S/c1-15(16-8-10-17(23)11-9-16)27(19-5-2-4-18(24)14-19)30(28,29)21-7-3-6-20-22(21)26-13-12-25-20/h2-15H,1H3/t15-/m1/s1. The molecular formula is C22H17FIN3O2S. The summed E-state index contributed by atoms with van der Waals surface area (Å²) in [6.07, 6.45) is 3.00. The molecule has 3 aromatic carbocycles. The van der Waals surface area contributed by atoms with Crippen molar-refractivity contribution in [3.63, 3.8) is 0 Å². The summed E-state index contributed by atoms with van der Waals surface area (Å²) >= 11 is 2.14. The van der Waals surface area contributed by atoms with Crippen molar-refractivity contribution >= 4 is 49.3 Å². The van der Waals surface area contributed by atoms with Crippen molar-refractivity contribution in [2.75, 3.05) is 4.31 Å². The van der Waals surface area contributed by atoms with Crippen LogP contribution in [-0.4, -0.2) is 18.4 Å². The van der Waals surface area contributed by atoms with Crippen LogP contribution in [0.15, 0.2) is 84.0 Å². The third-order valence-corrected chi connectivity index (χ3v) is 7.37. The molecular weight excluding hydrogens is 516 g/mol. The lowest BCUT2D eigenvalue weighted by molar-refractivity contribution is 0.583. The summed E-state index contributed by atoms with van der Waals surface area (Å²) in [5.41, 5.74) is 1.99. The molecule has 0 spiro atoms. The number of sulfonamides is 1. The molecule has 0 radical (unpaired) electrons. The van der Waals surface area contributed by atoms with Gasteiger partial charge in [-0.15, -0.1) is 0 Å². The van der Waals surface area contributed by atoms with Crippen molar-refractivity contribution in [3.8, 4) is 0 Å². The van der Waals surface area contributed by atoms with E-state index in [4.69, 9.17) is 0 Å². The second kappa shape index (κ2) is 8.27. The Morgan fingerprint density at radius 2 is 1.67 bits per heavy atom. The molecule has 4 aromatic rings. The molecule has 0 unspecified atom stereocenters. The van der Waals surface area contributed by atoms with Crippen LogP contribution in [-0.2, 0) is 10.0 Å². The quantitative estimate of drug-likeness (QED) is 0.326. The van der Waals surface area contributed by atoms with Gasteiger partial charge in [-0.05, 0) is 77.5 Å². The molecule has 1 atom stereocenters. The zero-order valence-corrected chi connectivity index (χ0v) is 18.9. The Hall–Kier alpha value is -2.59. The zero-order chi connectivity index (χ0) is 21.3. The molecule has 1 heterocycles. The van der Waals surface area contributed by atoms with E-state index in [-0.39, 0.29) is 10.7 Å². The Bertz CT molecular complexity index is 1310. The van der Waals surface area contributed by atoms with Gasteiger partial charge in [0.05, 0.1) is 17.2 Å². The van der Waals surface area contributed by atoms with Gasteiger partial charge in [-0.2, -0.15) is 0 Å². The van der Waals surface area contributed by atoms with Crippen molar-refractivity contribution in [3.05, 3.63) is 94.1 Å². The van der Waals surface area contributed by atoms with Crippen LogP contribution in [0, 0.1) is 9.39 Å². The van der Waals surface area contributed by atoms with Gasteiger partial charge in [-0.25, -0.2) is 12.8 Å². The van der Waals surface area contributed by atoms with E-state index >= 15 is 0 Å². The molecule has 8 heteroatoms. The van der Waals surface area contributed by atoms with Gasteiger partial charge in [0, 0.05) is 16.0 Å². The number of aromatic nitrogens is 2. The predicted molar refractivity (Wildman–Crippen MR) is 123 cm³/mol. The Labute approximate surface area is 187 Å². The number of hydrogen-bond donors (Lipinski definition) is 0. The van der Waals surface area contributed by atoms with Crippen molar-refractivity contribution in [2.24, 2.45) is 0 Å². The third kappa shape index (κ3) is 3.89. The van der Waals surface area contributed by atoms with E-state index in [1.807, 2.05) is 6.07 Å². The summed E-state index contributed by atoms with van der Waals surface area (Å²) in [5, 5.41) is 0. The van der Waals surface area contributed by atoms with E-state index < -0.39 is 16.1 Å². The van der Waals surface area contributed by atoms with Crippen LogP contribution >= 0.6 is 22.6 Å². The van der Waals surface area contributed by atoms with Gasteiger partial charge in [-0.1, -0.05) is 24.3 Å². The first kappa shape index (κ1) is 20.7. The lowest BCUT2D eigenvalue weighted by Crippen LogP contribution is -2.34. The van der Waals surface area contributed by atoms with Gasteiger partial charge in [0.15, 0.2) is 0 Å². The average Bonchev–Trinajstić information content (AvgIpc) is 2.74. The van der Waals surface area contributed by atoms with Crippen LogP contribution in [0.4, 0.5) is 10.1 Å². The first-order valence-corrected chi connectivity index (χ1v) is 11.6. The van der Waals surface area contributed by atoms with Crippen LogP contribution in [0.1, 0.15) is 18.5 Å². The SMILES string of the molecule is C[C@H](c1ccc(F)cc1)N(c1cccc(I)c1)S(=O)(=O)c1cccc2nccnc12. The van der Waals surface area contributed by atoms with E-state index in [9.17, 15) is 12.8 Å². The Balaban J connectivity index is 1.93. The maximum Gasteiger partial charge on any atom is 0.267 e. The third-order valence-electron chi connectivity index (χ3n) is 4.77. The minimum Gasteiger partial charge on any atom is -0.259 e. The average molecular weight is 533 g/mol. The Morgan fingerprint density at radius 3 is 2.40 bits per heavy atom. The van der Waals surface area contributed by atoms with Crippen molar-refractivity contribution in [2.45, 2.75) is 17.9 Å². The van der Waals surface area contributed by atoms with Crippen molar-refractivity contribution < 1.29 is 12.8 Å². The van der Waals surface area contributed by atoms with Crippen LogP contribution in [0.3, 0.4) is 0 Å². The maximum absolute atomic E-state index is 13.9. The van der Waals surface area contributed by atoms with Crippen LogP contribution < -0.4 is 4.31 Å². The fourth-order valence-electron chi connectivity index (χ4n) is 3.34. The van der Waals surface area contributed by atoms with E-state index in [1.165, 1.54) is 34.9 Å². The normalized spacial score (nSPS) is 12.6. The molecule has 5 nitrogen and oxygen atoms in total. The highest BCUT2D eigenvalue weighted by Crippen LogP contribution is 2.35. The highest BCUT2D eigenvalue weighted by molar-refractivity contribution is 14.1. The van der Waals surface area contributed by atoms with Crippen LogP contribution in [0.2, 0.25) is 0 Å². The molecule has 0 saturated carbocycles. The zero-order valence-electron chi connectivity index (χ0n) is 15.9. The Kier molecular flexibility index (Phi) is 5.70. The topological polar surface area (TPSA) is 63.2 Å². The predicted octanol–water partition coefficient (Wildman–Crippen LogP) is 5.33. The summed E-state index contributed by atoms with van der Waals surface area (Å²) in [6, 6.07) is 17.4. The molecule has 0 saturated heterocycles. The van der Waals surface area contributed by atoms with E-state index in [0.29, 0.717) is 22.3 Å². The number of anilines is 1. The number of benzene rings is 3. The number of nitrogens with zero attached hydrogens (tertiary/aromatic N) is 3. The maximum atomic E-state index is 13.9. The van der Waals surface area contributed by atoms with Crippen molar-refractivity contribution in [1.82, 2.24) is 9.97 Å². The van der Waals surface area contributed by atoms with Gasteiger partial charge in [0.25, 0.3) is 10.0 Å². The summed E-state index contributed by atoms with van der Waals surface area (Å²) < 4.78 is 43.5. The summed E-state index contributed by atoms with van der Waals surface area (Å²) in [4.78, 5) is 8.56. The van der Waals surface area contributed by atoms with Gasteiger partial charge < -0.3 is 0 Å². The smallest absolute Gasteiger partial charge is 0.259 e. The Morgan fingerprint density at radius 1 is 0.967 bits per heavy atom. The highest BCUT2D eigenvalue weighted by atomic mass is 127. The second-order valence-corrected chi connectivity index (χ2v) is 9.72. The van der Waals surface area contributed by atoms with E-state index in [2.05, 4.69) is 32.6 Å². The first-order valence-electron chi connectivity index (χ1n) is 9.13. The summed E-state index contributed by atoms with van der Waals surface area (Å²) in [7, 11) is -4.02. The summed E-state index contributed by atoms with van der Waals surface area (Å²) in [6.45, 7) is 1.78.